The number of rotatable bonds is 4. The molecule has 0 bridgehead atoms. The van der Waals surface area contributed by atoms with Gasteiger partial charge in [-0.25, -0.2) is 4.39 Å². The van der Waals surface area contributed by atoms with Crippen molar-refractivity contribution in [2.24, 2.45) is 5.41 Å². The van der Waals surface area contributed by atoms with Gasteiger partial charge < -0.3 is 4.90 Å². The van der Waals surface area contributed by atoms with Gasteiger partial charge in [-0.05, 0) is 55.0 Å². The largest absolute Gasteiger partial charge is 0.393 e. The number of aryl methyl sites for hydroxylation is 1. The van der Waals surface area contributed by atoms with Crippen LogP contribution in [0.25, 0.3) is 16.7 Å². The van der Waals surface area contributed by atoms with Gasteiger partial charge in [-0.3, -0.25) is 4.40 Å². The second-order valence-electron chi connectivity index (χ2n) is 9.27. The molecule has 1 aliphatic rings. The molecule has 5 rings (SSSR count). The van der Waals surface area contributed by atoms with Crippen LogP contribution in [0.3, 0.4) is 0 Å². The van der Waals surface area contributed by atoms with Crippen LogP contribution in [0.2, 0.25) is 5.02 Å². The molecule has 1 aliphatic heterocycles. The number of aromatic nitrogens is 4. The number of halogens is 5. The lowest BCUT2D eigenvalue weighted by molar-refractivity contribution is -0.213. The minimum Gasteiger partial charge on any atom is -0.325 e. The van der Waals surface area contributed by atoms with Gasteiger partial charge >= 0.3 is 6.18 Å². The molecular weight excluding hydrogens is 470 g/mol. The van der Waals surface area contributed by atoms with Gasteiger partial charge in [-0.15, -0.1) is 10.2 Å². The van der Waals surface area contributed by atoms with E-state index in [1.54, 1.807) is 4.40 Å². The van der Waals surface area contributed by atoms with Gasteiger partial charge in [0.15, 0.2) is 0 Å². The highest BCUT2D eigenvalue weighted by Gasteiger charge is 2.46. The Morgan fingerprint density at radius 3 is 2.71 bits per heavy atom. The van der Waals surface area contributed by atoms with Crippen molar-refractivity contribution in [2.75, 3.05) is 11.4 Å². The second-order valence-corrected chi connectivity index (χ2v) is 9.68. The molecule has 0 radical (unpaired) electrons. The van der Waals surface area contributed by atoms with E-state index in [4.69, 9.17) is 11.6 Å². The van der Waals surface area contributed by atoms with Crippen molar-refractivity contribution in [2.45, 2.75) is 45.7 Å². The highest BCUT2D eigenvalue weighted by atomic mass is 35.5. The summed E-state index contributed by atoms with van der Waals surface area (Å²) in [6, 6.07) is 8.54. The molecule has 0 saturated heterocycles. The summed E-state index contributed by atoms with van der Waals surface area (Å²) < 4.78 is 56.3. The molecule has 34 heavy (non-hydrogen) atoms. The molecular formula is C24H22ClF4N5. The normalized spacial score (nSPS) is 14.7. The molecule has 2 aromatic heterocycles. The highest BCUT2D eigenvalue weighted by molar-refractivity contribution is 6.31. The predicted octanol–water partition coefficient (Wildman–Crippen LogP) is 6.68. The summed E-state index contributed by atoms with van der Waals surface area (Å²) in [7, 11) is 0. The molecule has 0 N–H and O–H groups in total. The van der Waals surface area contributed by atoms with Crippen LogP contribution in [0.1, 0.15) is 37.8 Å². The fourth-order valence-electron chi connectivity index (χ4n) is 4.49. The summed E-state index contributed by atoms with van der Waals surface area (Å²) in [6.45, 7) is 3.09. The standard InChI is InChI=1S/C24H22ClF4N5/c1-23(2,24(27,28)29)9-8-14-5-3-7-19-15(14)6-4-10-33(19)21-16-11-18(26)17(25)12-20(16)34-13-30-32-22(34)31-21/h3,5,7,11-13H,4,6,8-10H2,1-2H3. The Hall–Kier alpha value is -2.94. The molecule has 0 fully saturated rings. The molecule has 0 unspecified atom stereocenters. The molecule has 2 aromatic carbocycles. The maximum atomic E-state index is 14.5. The quantitative estimate of drug-likeness (QED) is 0.299. The minimum absolute atomic E-state index is 0.0104. The van der Waals surface area contributed by atoms with Gasteiger partial charge in [-0.1, -0.05) is 37.6 Å². The summed E-state index contributed by atoms with van der Waals surface area (Å²) in [4.78, 5) is 6.65. The summed E-state index contributed by atoms with van der Waals surface area (Å²) in [5.74, 6) is 0.296. The van der Waals surface area contributed by atoms with E-state index in [1.165, 1.54) is 32.3 Å². The highest BCUT2D eigenvalue weighted by Crippen LogP contribution is 2.43. The first-order chi connectivity index (χ1) is 16.1. The van der Waals surface area contributed by atoms with E-state index in [9.17, 15) is 17.6 Å². The van der Waals surface area contributed by atoms with Crippen molar-refractivity contribution in [1.82, 2.24) is 19.6 Å². The summed E-state index contributed by atoms with van der Waals surface area (Å²) in [5, 5.41) is 8.51. The fraction of sp³-hybridized carbons (Fsp3) is 0.375. The van der Waals surface area contributed by atoms with Crippen molar-refractivity contribution >= 4 is 39.8 Å². The molecule has 0 aliphatic carbocycles. The Bertz CT molecular complexity index is 1400. The lowest BCUT2D eigenvalue weighted by atomic mass is 9.83. The van der Waals surface area contributed by atoms with Gasteiger partial charge in [0.1, 0.15) is 18.0 Å². The molecule has 10 heteroatoms. The van der Waals surface area contributed by atoms with Crippen molar-refractivity contribution in [3.05, 3.63) is 58.6 Å². The summed E-state index contributed by atoms with van der Waals surface area (Å²) in [6.07, 6.45) is -0.943. The molecule has 3 heterocycles. The van der Waals surface area contributed by atoms with Crippen LogP contribution in [-0.4, -0.2) is 32.3 Å². The van der Waals surface area contributed by atoms with Crippen LogP contribution in [0.4, 0.5) is 29.1 Å². The van der Waals surface area contributed by atoms with Gasteiger partial charge in [0.05, 0.1) is 16.0 Å². The lowest BCUT2D eigenvalue weighted by Gasteiger charge is -2.33. The monoisotopic (exact) mass is 491 g/mol. The zero-order chi connectivity index (χ0) is 24.3. The number of hydrogen-bond acceptors (Lipinski definition) is 4. The smallest absolute Gasteiger partial charge is 0.325 e. The topological polar surface area (TPSA) is 46.3 Å². The number of benzene rings is 2. The Morgan fingerprint density at radius 2 is 1.94 bits per heavy atom. The van der Waals surface area contributed by atoms with Crippen LogP contribution >= 0.6 is 11.6 Å². The fourth-order valence-corrected chi connectivity index (χ4v) is 4.65. The second kappa shape index (κ2) is 8.08. The summed E-state index contributed by atoms with van der Waals surface area (Å²) >= 11 is 6.06. The Kier molecular flexibility index (Phi) is 5.42. The first-order valence-corrected chi connectivity index (χ1v) is 11.4. The van der Waals surface area contributed by atoms with Crippen molar-refractivity contribution in [1.29, 1.82) is 0 Å². The van der Waals surface area contributed by atoms with Gasteiger partial charge in [0, 0.05) is 17.6 Å². The lowest BCUT2D eigenvalue weighted by Crippen LogP contribution is -2.32. The zero-order valence-corrected chi connectivity index (χ0v) is 19.4. The first-order valence-electron chi connectivity index (χ1n) is 11.0. The molecule has 0 amide bonds. The third-order valence-corrected chi connectivity index (χ3v) is 6.95. The van der Waals surface area contributed by atoms with Gasteiger partial charge in [0.2, 0.25) is 0 Å². The number of alkyl halides is 3. The maximum Gasteiger partial charge on any atom is 0.393 e. The van der Waals surface area contributed by atoms with E-state index in [2.05, 4.69) is 15.2 Å². The van der Waals surface area contributed by atoms with E-state index in [0.29, 0.717) is 35.5 Å². The van der Waals surface area contributed by atoms with Crippen molar-refractivity contribution in [3.8, 4) is 0 Å². The SMILES string of the molecule is CC(C)(CCc1cccc2c1CCCN2c1nc2nncn2c2cc(Cl)c(F)cc12)C(F)(F)F. The molecule has 5 nitrogen and oxygen atoms in total. The predicted molar refractivity (Wildman–Crippen MR) is 123 cm³/mol. The third kappa shape index (κ3) is 3.76. The Balaban J connectivity index is 1.61. The molecule has 0 atom stereocenters. The van der Waals surface area contributed by atoms with Crippen LogP contribution in [0, 0.1) is 11.2 Å². The Morgan fingerprint density at radius 1 is 1.15 bits per heavy atom. The zero-order valence-electron chi connectivity index (χ0n) is 18.6. The van der Waals surface area contributed by atoms with Crippen LogP contribution in [-0.2, 0) is 12.8 Å². The average molecular weight is 492 g/mol. The van der Waals surface area contributed by atoms with E-state index in [1.807, 2.05) is 23.1 Å². The summed E-state index contributed by atoms with van der Waals surface area (Å²) in [5.41, 5.74) is 1.59. The van der Waals surface area contributed by atoms with E-state index in [0.717, 1.165) is 29.7 Å². The third-order valence-electron chi connectivity index (χ3n) is 6.66. The number of hydrogen-bond donors (Lipinski definition) is 0. The molecule has 4 aromatic rings. The van der Waals surface area contributed by atoms with E-state index >= 15 is 0 Å². The van der Waals surface area contributed by atoms with E-state index in [-0.39, 0.29) is 11.4 Å². The van der Waals surface area contributed by atoms with Crippen molar-refractivity contribution < 1.29 is 17.6 Å². The number of nitrogens with zero attached hydrogens (tertiary/aromatic N) is 5. The number of fused-ring (bicyclic) bond motifs is 4. The van der Waals surface area contributed by atoms with E-state index < -0.39 is 17.4 Å². The van der Waals surface area contributed by atoms with Gasteiger partial charge in [-0.2, -0.15) is 18.2 Å². The Labute approximate surface area is 198 Å². The average Bonchev–Trinajstić information content (AvgIpc) is 3.26. The van der Waals surface area contributed by atoms with Crippen molar-refractivity contribution in [3.63, 3.8) is 0 Å². The van der Waals surface area contributed by atoms with Crippen LogP contribution in [0.15, 0.2) is 36.7 Å². The molecule has 0 spiro atoms. The van der Waals surface area contributed by atoms with Gasteiger partial charge in [0.25, 0.3) is 5.78 Å². The van der Waals surface area contributed by atoms with Crippen LogP contribution < -0.4 is 4.90 Å². The maximum absolute atomic E-state index is 14.5. The molecule has 0 saturated carbocycles. The first kappa shape index (κ1) is 22.8. The number of anilines is 2. The minimum atomic E-state index is -4.27. The van der Waals surface area contributed by atoms with Crippen LogP contribution in [0.5, 0.6) is 0 Å². The molecule has 178 valence electrons.